The molecular weight excluding hydrogens is 238 g/mol. The number of aliphatic carboxylic acids is 1. The highest BCUT2D eigenvalue weighted by atomic mass is 16.6. The molecule has 1 saturated heterocycles. The van der Waals surface area contributed by atoms with Crippen LogP contribution in [0.15, 0.2) is 0 Å². The van der Waals surface area contributed by atoms with Crippen LogP contribution in [0.2, 0.25) is 0 Å². The molecule has 1 aliphatic heterocycles. The second-order valence-electron chi connectivity index (χ2n) is 3.32. The SMILES string of the molecule is NCC(=O)O.OC[C@H]1OC(O)[C@H](O)[C@@H](O)[C@@H]1O. The van der Waals surface area contributed by atoms with Gasteiger partial charge in [0.1, 0.15) is 24.4 Å². The number of aliphatic hydroxyl groups is 5. The number of carboxylic acids is 1. The molecule has 1 unspecified atom stereocenters. The Morgan fingerprint density at radius 1 is 1.12 bits per heavy atom. The van der Waals surface area contributed by atoms with E-state index in [4.69, 9.17) is 30.6 Å². The lowest BCUT2D eigenvalue weighted by atomic mass is 10.00. The van der Waals surface area contributed by atoms with E-state index in [1.807, 2.05) is 0 Å². The van der Waals surface area contributed by atoms with E-state index in [1.54, 1.807) is 0 Å². The molecule has 0 radical (unpaired) electrons. The van der Waals surface area contributed by atoms with Crippen molar-refractivity contribution in [1.29, 1.82) is 0 Å². The van der Waals surface area contributed by atoms with E-state index in [0.29, 0.717) is 0 Å². The molecule has 0 spiro atoms. The average Bonchev–Trinajstić information content (AvgIpc) is 2.31. The highest BCUT2D eigenvalue weighted by Gasteiger charge is 2.42. The number of hydrogen-bond donors (Lipinski definition) is 7. The molecule has 1 heterocycles. The number of carbonyl (C=O) groups is 1. The summed E-state index contributed by atoms with van der Waals surface area (Å²) in [5.41, 5.74) is 4.57. The molecule has 9 nitrogen and oxygen atoms in total. The highest BCUT2D eigenvalue weighted by Crippen LogP contribution is 2.18. The average molecular weight is 255 g/mol. The van der Waals surface area contributed by atoms with Crippen molar-refractivity contribution in [3.63, 3.8) is 0 Å². The van der Waals surface area contributed by atoms with Crippen LogP contribution in [-0.2, 0) is 9.53 Å². The van der Waals surface area contributed by atoms with Crippen molar-refractivity contribution in [3.8, 4) is 0 Å². The minimum atomic E-state index is -1.57. The summed E-state index contributed by atoms with van der Waals surface area (Å²) in [4.78, 5) is 9.24. The van der Waals surface area contributed by atoms with E-state index in [1.165, 1.54) is 0 Å². The third-order valence-corrected chi connectivity index (χ3v) is 2.04. The van der Waals surface area contributed by atoms with Gasteiger partial charge in [-0.2, -0.15) is 0 Å². The Bertz CT molecular complexity index is 233. The zero-order valence-corrected chi connectivity index (χ0v) is 8.88. The van der Waals surface area contributed by atoms with Crippen molar-refractivity contribution >= 4 is 5.97 Å². The van der Waals surface area contributed by atoms with Crippen molar-refractivity contribution in [3.05, 3.63) is 0 Å². The quantitative estimate of drug-likeness (QED) is 0.258. The Morgan fingerprint density at radius 2 is 1.59 bits per heavy atom. The summed E-state index contributed by atoms with van der Waals surface area (Å²) < 4.78 is 4.58. The summed E-state index contributed by atoms with van der Waals surface area (Å²) in [6.45, 7) is -0.804. The summed E-state index contributed by atoms with van der Waals surface area (Å²) in [7, 11) is 0. The molecule has 0 aliphatic carbocycles. The second-order valence-corrected chi connectivity index (χ2v) is 3.32. The van der Waals surface area contributed by atoms with E-state index < -0.39 is 43.3 Å². The smallest absolute Gasteiger partial charge is 0.317 e. The van der Waals surface area contributed by atoms with Crippen molar-refractivity contribution in [2.45, 2.75) is 30.7 Å². The molecular formula is C8H17NO8. The molecule has 17 heavy (non-hydrogen) atoms. The largest absolute Gasteiger partial charge is 0.480 e. The minimum absolute atomic E-state index is 0.278. The van der Waals surface area contributed by atoms with Crippen LogP contribution in [0, 0.1) is 0 Å². The lowest BCUT2D eigenvalue weighted by Crippen LogP contribution is -2.58. The third kappa shape index (κ3) is 4.91. The fourth-order valence-electron chi connectivity index (χ4n) is 1.08. The van der Waals surface area contributed by atoms with E-state index in [-0.39, 0.29) is 6.54 Å². The maximum Gasteiger partial charge on any atom is 0.317 e. The molecule has 0 saturated carbocycles. The first-order valence-corrected chi connectivity index (χ1v) is 4.75. The molecule has 1 rings (SSSR count). The Balaban J connectivity index is 0.000000437. The fourth-order valence-corrected chi connectivity index (χ4v) is 1.08. The van der Waals surface area contributed by atoms with Crippen LogP contribution in [0.1, 0.15) is 0 Å². The van der Waals surface area contributed by atoms with Gasteiger partial charge < -0.3 is 41.1 Å². The van der Waals surface area contributed by atoms with Gasteiger partial charge in [-0.1, -0.05) is 0 Å². The summed E-state index contributed by atoms with van der Waals surface area (Å²) in [6.07, 6.45) is -7.04. The molecule has 1 aliphatic rings. The predicted molar refractivity (Wildman–Crippen MR) is 52.7 cm³/mol. The maximum absolute atomic E-state index is 9.24. The normalized spacial score (nSPS) is 36.9. The number of carboxylic acid groups (broad SMARTS) is 1. The molecule has 0 aromatic carbocycles. The molecule has 8 N–H and O–H groups in total. The summed E-state index contributed by atoms with van der Waals surface area (Å²) in [6, 6.07) is 0. The lowest BCUT2D eigenvalue weighted by molar-refractivity contribution is -0.286. The van der Waals surface area contributed by atoms with Gasteiger partial charge in [-0.05, 0) is 0 Å². The van der Waals surface area contributed by atoms with Gasteiger partial charge in [-0.15, -0.1) is 0 Å². The highest BCUT2D eigenvalue weighted by molar-refractivity contribution is 5.68. The van der Waals surface area contributed by atoms with Gasteiger partial charge >= 0.3 is 5.97 Å². The Kier molecular flexibility index (Phi) is 7.15. The molecule has 0 bridgehead atoms. The van der Waals surface area contributed by atoms with Crippen LogP contribution in [0.3, 0.4) is 0 Å². The van der Waals surface area contributed by atoms with E-state index in [2.05, 4.69) is 10.5 Å². The number of hydrogen-bond acceptors (Lipinski definition) is 8. The molecule has 0 aromatic heterocycles. The number of nitrogens with two attached hydrogens (primary N) is 1. The standard InChI is InChI=1S/C6H12O6.C2H5NO2/c7-1-2-3(8)4(9)5(10)6(11)12-2;3-1-2(4)5/h2-11H,1H2;1,3H2,(H,4,5)/t2-,3-,4+,5-,6?;/m1./s1. The van der Waals surface area contributed by atoms with Gasteiger partial charge in [-0.25, -0.2) is 0 Å². The van der Waals surface area contributed by atoms with Gasteiger partial charge in [0, 0.05) is 0 Å². The van der Waals surface area contributed by atoms with Gasteiger partial charge in [-0.3, -0.25) is 4.79 Å². The molecule has 102 valence electrons. The van der Waals surface area contributed by atoms with Crippen LogP contribution in [-0.4, -0.2) is 80.5 Å². The lowest BCUT2D eigenvalue weighted by Gasteiger charge is -2.37. The Labute approximate surface area is 96.7 Å². The summed E-state index contributed by atoms with van der Waals surface area (Å²) in [5.74, 6) is -0.968. The van der Waals surface area contributed by atoms with Gasteiger partial charge in [0.15, 0.2) is 6.29 Å². The summed E-state index contributed by atoms with van der Waals surface area (Å²) >= 11 is 0. The third-order valence-electron chi connectivity index (χ3n) is 2.04. The van der Waals surface area contributed by atoms with Crippen LogP contribution < -0.4 is 5.73 Å². The van der Waals surface area contributed by atoms with Crippen LogP contribution in [0.5, 0.6) is 0 Å². The molecule has 0 amide bonds. The number of rotatable bonds is 2. The van der Waals surface area contributed by atoms with E-state index in [0.717, 1.165) is 0 Å². The first-order chi connectivity index (χ1) is 7.84. The Morgan fingerprint density at radius 3 is 1.94 bits per heavy atom. The van der Waals surface area contributed by atoms with E-state index >= 15 is 0 Å². The zero-order chi connectivity index (χ0) is 13.6. The van der Waals surface area contributed by atoms with Gasteiger partial charge in [0.25, 0.3) is 0 Å². The van der Waals surface area contributed by atoms with Crippen LogP contribution in [0.4, 0.5) is 0 Å². The molecule has 5 atom stereocenters. The van der Waals surface area contributed by atoms with Crippen LogP contribution in [0.25, 0.3) is 0 Å². The minimum Gasteiger partial charge on any atom is -0.480 e. The monoisotopic (exact) mass is 255 g/mol. The van der Waals surface area contributed by atoms with E-state index in [9.17, 15) is 4.79 Å². The Hall–Kier alpha value is -0.810. The molecule has 0 aromatic rings. The second kappa shape index (κ2) is 7.50. The van der Waals surface area contributed by atoms with Crippen molar-refractivity contribution in [2.24, 2.45) is 5.73 Å². The predicted octanol–water partition coefficient (Wildman–Crippen LogP) is -4.19. The first kappa shape index (κ1) is 16.2. The number of ether oxygens (including phenoxy) is 1. The molecule has 1 fully saturated rings. The molecule has 9 heteroatoms. The first-order valence-electron chi connectivity index (χ1n) is 4.75. The van der Waals surface area contributed by atoms with Crippen molar-refractivity contribution < 1.29 is 40.2 Å². The summed E-state index contributed by atoms with van der Waals surface area (Å²) in [5, 5.41) is 52.3. The van der Waals surface area contributed by atoms with Crippen LogP contribution >= 0.6 is 0 Å². The van der Waals surface area contributed by atoms with Crippen molar-refractivity contribution in [2.75, 3.05) is 13.2 Å². The zero-order valence-electron chi connectivity index (χ0n) is 8.88. The van der Waals surface area contributed by atoms with Gasteiger partial charge in [0.05, 0.1) is 13.2 Å². The topological polar surface area (TPSA) is 174 Å². The maximum atomic E-state index is 9.24. The van der Waals surface area contributed by atoms with Gasteiger partial charge in [0.2, 0.25) is 0 Å². The number of aliphatic hydroxyl groups excluding tert-OH is 5. The van der Waals surface area contributed by atoms with Crippen molar-refractivity contribution in [1.82, 2.24) is 0 Å². The fraction of sp³-hybridized carbons (Fsp3) is 0.875.